The summed E-state index contributed by atoms with van der Waals surface area (Å²) >= 11 is 5.90. The molecule has 1 saturated heterocycles. The Labute approximate surface area is 164 Å². The van der Waals surface area contributed by atoms with E-state index in [0.29, 0.717) is 18.2 Å². The largest absolute Gasteiger partial charge is 0.490 e. The molecule has 5 nitrogen and oxygen atoms in total. The third kappa shape index (κ3) is 4.14. The van der Waals surface area contributed by atoms with Crippen molar-refractivity contribution in [2.24, 2.45) is 0 Å². The molecule has 2 aromatic rings. The van der Waals surface area contributed by atoms with Crippen LogP contribution in [0.25, 0.3) is 0 Å². The smallest absolute Gasteiger partial charge is 0.242 e. The van der Waals surface area contributed by atoms with Gasteiger partial charge in [-0.2, -0.15) is 0 Å². The van der Waals surface area contributed by atoms with E-state index in [4.69, 9.17) is 21.1 Å². The number of rotatable bonds is 4. The molecular weight excluding hydrogens is 364 g/mol. The van der Waals surface area contributed by atoms with Crippen LogP contribution >= 0.6 is 11.6 Å². The van der Waals surface area contributed by atoms with Gasteiger partial charge in [0, 0.05) is 23.7 Å². The SMILES string of the molecule is O=C(CNc1ccc(Cl)cc1)N1CCC[C@H]1c1ccc2c(c1)OCCCO2. The maximum atomic E-state index is 12.8. The average molecular weight is 387 g/mol. The molecule has 2 heterocycles. The van der Waals surface area contributed by atoms with Crippen molar-refractivity contribution in [1.29, 1.82) is 0 Å². The first kappa shape index (κ1) is 18.0. The van der Waals surface area contributed by atoms with Crippen LogP contribution in [-0.4, -0.2) is 37.1 Å². The lowest BCUT2D eigenvalue weighted by Crippen LogP contribution is -2.35. The number of benzene rings is 2. The number of amides is 1. The highest BCUT2D eigenvalue weighted by Gasteiger charge is 2.30. The lowest BCUT2D eigenvalue weighted by Gasteiger charge is -2.26. The first-order chi connectivity index (χ1) is 13.2. The minimum atomic E-state index is 0.0849. The van der Waals surface area contributed by atoms with Crippen LogP contribution in [0, 0.1) is 0 Å². The fourth-order valence-corrected chi connectivity index (χ4v) is 3.77. The Bertz CT molecular complexity index is 810. The standard InChI is InChI=1S/C21H23ClN2O3/c22-16-5-7-17(8-6-16)23-14-21(25)24-10-1-3-18(24)15-4-9-19-20(13-15)27-12-2-11-26-19/h4-9,13,18,23H,1-3,10-12,14H2/t18-/m0/s1. The van der Waals surface area contributed by atoms with Crippen molar-refractivity contribution in [3.63, 3.8) is 0 Å². The number of hydrogen-bond donors (Lipinski definition) is 1. The van der Waals surface area contributed by atoms with Crippen LogP contribution < -0.4 is 14.8 Å². The fraction of sp³-hybridized carbons (Fsp3) is 0.381. The van der Waals surface area contributed by atoms with Gasteiger partial charge in [-0.25, -0.2) is 0 Å². The minimum Gasteiger partial charge on any atom is -0.490 e. The molecule has 2 aliphatic heterocycles. The number of fused-ring (bicyclic) bond motifs is 1. The number of nitrogens with zero attached hydrogens (tertiary/aromatic N) is 1. The molecule has 1 amide bonds. The maximum Gasteiger partial charge on any atom is 0.242 e. The molecule has 2 aliphatic rings. The number of anilines is 1. The Morgan fingerprint density at radius 1 is 1.07 bits per heavy atom. The summed E-state index contributed by atoms with van der Waals surface area (Å²) in [6.45, 7) is 2.38. The maximum absolute atomic E-state index is 12.8. The predicted octanol–water partition coefficient (Wildman–Crippen LogP) is 4.28. The van der Waals surface area contributed by atoms with Gasteiger partial charge in [-0.3, -0.25) is 4.79 Å². The van der Waals surface area contributed by atoms with Crippen LogP contribution in [0.3, 0.4) is 0 Å². The molecule has 1 fully saturated rings. The Morgan fingerprint density at radius 3 is 2.67 bits per heavy atom. The van der Waals surface area contributed by atoms with Crippen LogP contribution in [0.5, 0.6) is 11.5 Å². The molecule has 0 aliphatic carbocycles. The molecular formula is C21H23ClN2O3. The van der Waals surface area contributed by atoms with Crippen molar-refractivity contribution in [3.8, 4) is 11.5 Å². The topological polar surface area (TPSA) is 50.8 Å². The van der Waals surface area contributed by atoms with Crippen molar-refractivity contribution in [1.82, 2.24) is 4.90 Å². The van der Waals surface area contributed by atoms with Gasteiger partial charge in [0.2, 0.25) is 5.91 Å². The molecule has 4 rings (SSSR count). The highest BCUT2D eigenvalue weighted by atomic mass is 35.5. The van der Waals surface area contributed by atoms with E-state index in [1.54, 1.807) is 0 Å². The van der Waals surface area contributed by atoms with Gasteiger partial charge in [-0.05, 0) is 54.8 Å². The second-order valence-corrected chi connectivity index (χ2v) is 7.30. The molecule has 0 spiro atoms. The third-order valence-corrected chi connectivity index (χ3v) is 5.27. The number of carbonyl (C=O) groups excluding carboxylic acids is 1. The van der Waals surface area contributed by atoms with Gasteiger partial charge in [0.05, 0.1) is 25.8 Å². The second-order valence-electron chi connectivity index (χ2n) is 6.86. The lowest BCUT2D eigenvalue weighted by atomic mass is 10.0. The summed E-state index contributed by atoms with van der Waals surface area (Å²) in [5.74, 6) is 1.67. The summed E-state index contributed by atoms with van der Waals surface area (Å²) in [5, 5.41) is 3.87. The molecule has 2 aromatic carbocycles. The second kappa shape index (κ2) is 8.09. The molecule has 1 N–H and O–H groups in total. The fourth-order valence-electron chi connectivity index (χ4n) is 3.65. The highest BCUT2D eigenvalue weighted by Crippen LogP contribution is 2.37. The molecule has 142 valence electrons. The summed E-state index contributed by atoms with van der Waals surface area (Å²) in [5.41, 5.74) is 2.00. The zero-order valence-corrected chi connectivity index (χ0v) is 15.9. The Morgan fingerprint density at radius 2 is 1.85 bits per heavy atom. The normalized spacial score (nSPS) is 18.9. The molecule has 0 saturated carbocycles. The van der Waals surface area contributed by atoms with Crippen LogP contribution in [0.1, 0.15) is 30.9 Å². The van der Waals surface area contributed by atoms with Gasteiger partial charge in [-0.15, -0.1) is 0 Å². The lowest BCUT2D eigenvalue weighted by molar-refractivity contribution is -0.130. The van der Waals surface area contributed by atoms with Crippen LogP contribution in [0.2, 0.25) is 5.02 Å². The van der Waals surface area contributed by atoms with E-state index in [9.17, 15) is 4.79 Å². The molecule has 0 unspecified atom stereocenters. The summed E-state index contributed by atoms with van der Waals surface area (Å²) in [7, 11) is 0. The van der Waals surface area contributed by atoms with E-state index in [1.165, 1.54) is 0 Å². The Kier molecular flexibility index (Phi) is 5.39. The van der Waals surface area contributed by atoms with Crippen molar-refractivity contribution < 1.29 is 14.3 Å². The van der Waals surface area contributed by atoms with Gasteiger partial charge in [0.25, 0.3) is 0 Å². The molecule has 0 bridgehead atoms. The van der Waals surface area contributed by atoms with Crippen LogP contribution in [0.15, 0.2) is 42.5 Å². The molecule has 0 aromatic heterocycles. The first-order valence-electron chi connectivity index (χ1n) is 9.39. The number of ether oxygens (including phenoxy) is 2. The molecule has 1 atom stereocenters. The summed E-state index contributed by atoms with van der Waals surface area (Å²) in [4.78, 5) is 14.8. The van der Waals surface area contributed by atoms with Gasteiger partial charge in [0.15, 0.2) is 11.5 Å². The van der Waals surface area contributed by atoms with Crippen LogP contribution in [-0.2, 0) is 4.79 Å². The van der Waals surface area contributed by atoms with Crippen molar-refractivity contribution >= 4 is 23.2 Å². The zero-order chi connectivity index (χ0) is 18.6. The number of halogens is 1. The molecule has 27 heavy (non-hydrogen) atoms. The summed E-state index contributed by atoms with van der Waals surface area (Å²) < 4.78 is 11.5. The number of likely N-dealkylation sites (tertiary alicyclic amines) is 1. The van der Waals surface area contributed by atoms with Gasteiger partial charge >= 0.3 is 0 Å². The van der Waals surface area contributed by atoms with E-state index in [0.717, 1.165) is 48.6 Å². The van der Waals surface area contributed by atoms with E-state index >= 15 is 0 Å². The van der Waals surface area contributed by atoms with Crippen molar-refractivity contribution in [3.05, 3.63) is 53.1 Å². The molecule has 0 radical (unpaired) electrons. The zero-order valence-electron chi connectivity index (χ0n) is 15.1. The number of carbonyl (C=O) groups is 1. The van der Waals surface area contributed by atoms with E-state index in [-0.39, 0.29) is 18.5 Å². The highest BCUT2D eigenvalue weighted by molar-refractivity contribution is 6.30. The molecule has 6 heteroatoms. The van der Waals surface area contributed by atoms with E-state index in [1.807, 2.05) is 41.3 Å². The van der Waals surface area contributed by atoms with E-state index < -0.39 is 0 Å². The number of hydrogen-bond acceptors (Lipinski definition) is 4. The van der Waals surface area contributed by atoms with Crippen molar-refractivity contribution in [2.45, 2.75) is 25.3 Å². The minimum absolute atomic E-state index is 0.0849. The Hall–Kier alpha value is -2.40. The van der Waals surface area contributed by atoms with Gasteiger partial charge < -0.3 is 19.7 Å². The summed E-state index contributed by atoms with van der Waals surface area (Å²) in [6.07, 6.45) is 2.85. The quantitative estimate of drug-likeness (QED) is 0.852. The third-order valence-electron chi connectivity index (χ3n) is 5.02. The first-order valence-corrected chi connectivity index (χ1v) is 9.77. The summed E-state index contributed by atoms with van der Waals surface area (Å²) in [6, 6.07) is 13.5. The average Bonchev–Trinajstić information content (AvgIpc) is 3.06. The predicted molar refractivity (Wildman–Crippen MR) is 106 cm³/mol. The van der Waals surface area contributed by atoms with E-state index in [2.05, 4.69) is 11.4 Å². The van der Waals surface area contributed by atoms with Crippen LogP contribution in [0.4, 0.5) is 5.69 Å². The monoisotopic (exact) mass is 386 g/mol. The van der Waals surface area contributed by atoms with Gasteiger partial charge in [0.1, 0.15) is 0 Å². The van der Waals surface area contributed by atoms with Crippen molar-refractivity contribution in [2.75, 3.05) is 31.6 Å². The Balaban J connectivity index is 1.44. The van der Waals surface area contributed by atoms with Gasteiger partial charge in [-0.1, -0.05) is 17.7 Å². The number of nitrogens with one attached hydrogen (secondary N) is 1.